The number of sulfonamides is 1. The normalized spacial score (nSPS) is 25.0. The maximum Gasteiger partial charge on any atom is 0.270 e. The number of aryl methyl sites for hydroxylation is 1. The van der Waals surface area contributed by atoms with Crippen molar-refractivity contribution in [2.75, 3.05) is 50.8 Å². The number of carbonyl (C=O) groups excluding carboxylic acids is 7. The molecule has 2 bridgehead atoms. The summed E-state index contributed by atoms with van der Waals surface area (Å²) in [5.74, 6) is -2.52. The van der Waals surface area contributed by atoms with Crippen molar-refractivity contribution >= 4 is 68.7 Å². The highest BCUT2D eigenvalue weighted by atomic mass is 35.5. The lowest BCUT2D eigenvalue weighted by atomic mass is 9.83. The third kappa shape index (κ3) is 13.6. The Morgan fingerprint density at radius 3 is 2.26 bits per heavy atom. The standard InChI is InChI=1S/C58H77ClN12O9S/c1-34(60-2)53(73)68-52(37-11-4-3-5-12-37)58(78)70-31-40(28-50(70)57(77)67-46-15-8-13-36-10-6-7-14-43(36)46)65-56(76)49-30-48(62-33-63-49)55(75)61-20-9-21-69-22-18-35(19-23-69)32-81(79,80)71-41-16-17-42(71)27-39(26-41)64-54(74)44-24-38-25-51(72)66-47(38)29-45(44)59/h6-7,10,14,24,29-30,33-35,37,39-42,46,50,52,60H,3-5,8-9,11-13,15-23,25-28,31-32H2,1-2H3,(H,61,75)(H,64,74)(H,65,76)(H,66,72)(H,67,77)(H,68,73)/t34-,39?,40-,41+,42?,46+,50-,52-/m0/s1. The van der Waals surface area contributed by atoms with Gasteiger partial charge in [0.25, 0.3) is 17.7 Å². The lowest BCUT2D eigenvalue weighted by molar-refractivity contribution is -0.143. The topological polar surface area (TPSA) is 273 Å². The Labute approximate surface area is 479 Å². The quantitative estimate of drug-likeness (QED) is 0.0844. The molecule has 23 heteroatoms. The fraction of sp³-hybridized carbons (Fsp3) is 0.603. The number of aromatic nitrogens is 2. The molecule has 81 heavy (non-hydrogen) atoms. The van der Waals surface area contributed by atoms with Gasteiger partial charge in [0.05, 0.1) is 34.8 Å². The number of rotatable bonds is 19. The predicted molar refractivity (Wildman–Crippen MR) is 304 cm³/mol. The van der Waals surface area contributed by atoms with E-state index in [0.29, 0.717) is 43.6 Å². The van der Waals surface area contributed by atoms with E-state index in [0.717, 1.165) is 108 Å². The van der Waals surface area contributed by atoms with Crippen molar-refractivity contribution in [1.29, 1.82) is 0 Å². The van der Waals surface area contributed by atoms with Crippen molar-refractivity contribution in [3.63, 3.8) is 0 Å². The smallest absolute Gasteiger partial charge is 0.270 e. The first-order valence-electron chi connectivity index (χ1n) is 29.3. The number of fused-ring (bicyclic) bond motifs is 4. The number of anilines is 1. The van der Waals surface area contributed by atoms with Crippen LogP contribution in [0.5, 0.6) is 0 Å². The molecule has 1 saturated carbocycles. The maximum atomic E-state index is 14.8. The molecule has 1 aromatic heterocycles. The predicted octanol–water partition coefficient (Wildman–Crippen LogP) is 3.78. The highest BCUT2D eigenvalue weighted by Gasteiger charge is 2.49. The highest BCUT2D eigenvalue weighted by molar-refractivity contribution is 7.89. The van der Waals surface area contributed by atoms with Gasteiger partial charge in [0.1, 0.15) is 29.8 Å². The number of benzene rings is 2. The van der Waals surface area contributed by atoms with Crippen LogP contribution in [0.25, 0.3) is 0 Å². The van der Waals surface area contributed by atoms with Crippen molar-refractivity contribution in [2.24, 2.45) is 11.8 Å². The number of amides is 7. The summed E-state index contributed by atoms with van der Waals surface area (Å²) in [5, 5.41) is 21.2. The van der Waals surface area contributed by atoms with E-state index in [1.54, 1.807) is 30.4 Å². The molecule has 2 aliphatic carbocycles. The molecule has 8 atom stereocenters. The van der Waals surface area contributed by atoms with Crippen molar-refractivity contribution in [2.45, 2.75) is 164 Å². The van der Waals surface area contributed by atoms with E-state index in [4.69, 9.17) is 11.6 Å². The number of hydrogen-bond donors (Lipinski definition) is 7. The van der Waals surface area contributed by atoms with Crippen LogP contribution in [0.4, 0.5) is 5.69 Å². The maximum absolute atomic E-state index is 14.8. The highest BCUT2D eigenvalue weighted by Crippen LogP contribution is 2.40. The van der Waals surface area contributed by atoms with E-state index in [2.05, 4.69) is 58.2 Å². The van der Waals surface area contributed by atoms with Crippen LogP contribution in [0.3, 0.4) is 0 Å². The summed E-state index contributed by atoms with van der Waals surface area (Å²) in [6.07, 6.45) is 13.1. The van der Waals surface area contributed by atoms with Crippen LogP contribution in [0.2, 0.25) is 5.02 Å². The van der Waals surface area contributed by atoms with Crippen molar-refractivity contribution in [3.8, 4) is 0 Å². The summed E-state index contributed by atoms with van der Waals surface area (Å²) in [4.78, 5) is 107. The molecule has 10 rings (SSSR count). The molecule has 7 amide bonds. The second-order valence-corrected chi connectivity index (χ2v) is 25.8. The second-order valence-electron chi connectivity index (χ2n) is 23.5. The van der Waals surface area contributed by atoms with E-state index >= 15 is 0 Å². The summed E-state index contributed by atoms with van der Waals surface area (Å²) < 4.78 is 29.7. The Morgan fingerprint density at radius 1 is 0.802 bits per heavy atom. The summed E-state index contributed by atoms with van der Waals surface area (Å²) in [6, 6.07) is 8.89. The molecule has 7 N–H and O–H groups in total. The number of nitrogens with one attached hydrogen (secondary N) is 7. The molecule has 21 nitrogen and oxygen atoms in total. The van der Waals surface area contributed by atoms with Gasteiger partial charge in [-0.2, -0.15) is 4.31 Å². The van der Waals surface area contributed by atoms with Crippen LogP contribution in [0.15, 0.2) is 48.8 Å². The third-order valence-electron chi connectivity index (χ3n) is 18.0. The Morgan fingerprint density at radius 2 is 1.52 bits per heavy atom. The zero-order chi connectivity index (χ0) is 57.0. The van der Waals surface area contributed by atoms with Crippen LogP contribution < -0.4 is 37.2 Å². The lowest BCUT2D eigenvalue weighted by Crippen LogP contribution is -2.58. The first-order valence-corrected chi connectivity index (χ1v) is 31.2. The molecule has 0 radical (unpaired) electrons. The van der Waals surface area contributed by atoms with Crippen LogP contribution in [-0.2, 0) is 42.0 Å². The van der Waals surface area contributed by atoms with Gasteiger partial charge >= 0.3 is 0 Å². The lowest BCUT2D eigenvalue weighted by Gasteiger charge is -2.39. The van der Waals surface area contributed by atoms with E-state index in [1.165, 1.54) is 16.5 Å². The molecule has 7 aliphatic rings. The molecule has 436 valence electrons. The SMILES string of the molecule is CN[C@@H](C)C(=O)N[C@H](C(=O)N1C[C@@H](NC(=O)c2cc(C(=O)NCCCN3CCC(CS(=O)(=O)N4C5CC[C@@H]4CC(NC(=O)c4cc6c(cc4Cl)NC(=O)C6)C5)CC3)ncn2)C[C@H]1C(=O)N[C@@H]1CCCc2ccccc21)C1CCCCC1. The number of hydrogen-bond acceptors (Lipinski definition) is 13. The fourth-order valence-corrected chi connectivity index (χ4v) is 16.3. The number of carbonyl (C=O) groups is 7. The summed E-state index contributed by atoms with van der Waals surface area (Å²) in [7, 11) is -1.87. The summed E-state index contributed by atoms with van der Waals surface area (Å²) in [6.45, 7) is 4.26. The molecule has 0 spiro atoms. The van der Waals surface area contributed by atoms with Gasteiger partial charge in [0.15, 0.2) is 0 Å². The molecule has 2 aromatic carbocycles. The van der Waals surface area contributed by atoms with E-state index in [9.17, 15) is 42.0 Å². The minimum Gasteiger partial charge on any atom is -0.351 e. The van der Waals surface area contributed by atoms with Crippen LogP contribution >= 0.6 is 11.6 Å². The first kappa shape index (κ1) is 58.1. The van der Waals surface area contributed by atoms with Gasteiger partial charge < -0.3 is 47.0 Å². The number of halogens is 1. The molecule has 5 fully saturated rings. The first-order chi connectivity index (χ1) is 39.0. The number of likely N-dealkylation sites (N-methyl/N-ethyl adjacent to an activating group) is 1. The van der Waals surface area contributed by atoms with Gasteiger partial charge in [-0.05, 0) is 158 Å². The molecular weight excluding hydrogens is 1080 g/mol. The van der Waals surface area contributed by atoms with Gasteiger partial charge in [-0.1, -0.05) is 55.1 Å². The molecular formula is C58H77ClN12O9S. The third-order valence-corrected chi connectivity index (χ3v) is 20.5. The van der Waals surface area contributed by atoms with Gasteiger partial charge in [0.2, 0.25) is 33.7 Å². The van der Waals surface area contributed by atoms with Gasteiger partial charge in [-0.15, -0.1) is 0 Å². The Bertz CT molecular complexity index is 2980. The monoisotopic (exact) mass is 1150 g/mol. The zero-order valence-electron chi connectivity index (χ0n) is 46.4. The number of piperidine rings is 2. The van der Waals surface area contributed by atoms with E-state index in [1.807, 2.05) is 18.2 Å². The number of nitrogens with zero attached hydrogens (tertiary/aromatic N) is 5. The Balaban J connectivity index is 0.688. The van der Waals surface area contributed by atoms with Gasteiger partial charge in [0, 0.05) is 49.0 Å². The minimum atomic E-state index is -3.55. The largest absolute Gasteiger partial charge is 0.351 e. The Hall–Kier alpha value is -6.07. The molecule has 3 aromatic rings. The fourth-order valence-electron chi connectivity index (χ4n) is 13.7. The van der Waals surface area contributed by atoms with Crippen molar-refractivity contribution in [3.05, 3.63) is 87.5 Å². The van der Waals surface area contributed by atoms with E-state index in [-0.39, 0.29) is 107 Å². The number of likely N-dealkylation sites (tertiary alicyclic amines) is 2. The van der Waals surface area contributed by atoms with Crippen LogP contribution in [-0.4, -0.2) is 162 Å². The van der Waals surface area contributed by atoms with Crippen LogP contribution in [0.1, 0.15) is 157 Å². The molecule has 6 heterocycles. The molecule has 5 aliphatic heterocycles. The Kier molecular flexibility index (Phi) is 18.4. The van der Waals surface area contributed by atoms with Gasteiger partial charge in [-0.3, -0.25) is 33.6 Å². The average Bonchev–Trinajstić information content (AvgIpc) is 4.36. The molecule has 4 saturated heterocycles. The second kappa shape index (κ2) is 25.6. The minimum absolute atomic E-state index is 0.00650. The van der Waals surface area contributed by atoms with Crippen LogP contribution in [0, 0.1) is 11.8 Å². The summed E-state index contributed by atoms with van der Waals surface area (Å²) >= 11 is 6.44. The molecule has 2 unspecified atom stereocenters. The van der Waals surface area contributed by atoms with E-state index < -0.39 is 46.0 Å². The zero-order valence-corrected chi connectivity index (χ0v) is 47.9. The van der Waals surface area contributed by atoms with Gasteiger partial charge in [-0.25, -0.2) is 18.4 Å². The summed E-state index contributed by atoms with van der Waals surface area (Å²) in [5.41, 5.74) is 3.84. The van der Waals surface area contributed by atoms with Crippen molar-refractivity contribution in [1.82, 2.24) is 56.0 Å². The average molecular weight is 1150 g/mol. The van der Waals surface area contributed by atoms with Crippen molar-refractivity contribution < 1.29 is 42.0 Å².